The molecule has 1 amide bonds. The number of anilines is 1. The maximum Gasteiger partial charge on any atom is 0.255 e. The predicted molar refractivity (Wildman–Crippen MR) is 92.3 cm³/mol. The second kappa shape index (κ2) is 8.46. The number of halogens is 2. The molecule has 1 aromatic rings. The van der Waals surface area contributed by atoms with Crippen molar-refractivity contribution in [3.05, 3.63) is 22.7 Å². The van der Waals surface area contributed by atoms with Gasteiger partial charge in [-0.05, 0) is 33.3 Å². The Bertz CT molecular complexity index is 522. The maximum absolute atomic E-state index is 12.3. The Balaban J connectivity index is 0.00000441. The van der Waals surface area contributed by atoms with E-state index in [1.54, 1.807) is 13.2 Å². The average molecular weight is 351 g/mol. The van der Waals surface area contributed by atoms with Crippen molar-refractivity contribution in [2.24, 2.45) is 0 Å². The number of methoxy groups -OCH3 is 2. The number of nitrogen functional groups attached to an aromatic ring is 1. The first-order valence-electron chi connectivity index (χ1n) is 6.69. The van der Waals surface area contributed by atoms with Gasteiger partial charge in [0.15, 0.2) is 0 Å². The number of hydrogen-bond acceptors (Lipinski definition) is 4. The van der Waals surface area contributed by atoms with Crippen LogP contribution in [0, 0.1) is 0 Å². The van der Waals surface area contributed by atoms with Crippen molar-refractivity contribution < 1.29 is 14.3 Å². The van der Waals surface area contributed by atoms with Gasteiger partial charge < -0.3 is 20.5 Å². The van der Waals surface area contributed by atoms with Crippen molar-refractivity contribution in [1.29, 1.82) is 0 Å². The molecule has 0 aliphatic heterocycles. The fraction of sp³-hybridized carbons (Fsp3) is 0.533. The van der Waals surface area contributed by atoms with Crippen LogP contribution in [0.1, 0.15) is 37.6 Å². The number of benzene rings is 1. The predicted octanol–water partition coefficient (Wildman–Crippen LogP) is 3.29. The van der Waals surface area contributed by atoms with Crippen LogP contribution < -0.4 is 15.8 Å². The molecule has 0 saturated heterocycles. The van der Waals surface area contributed by atoms with E-state index in [-0.39, 0.29) is 30.0 Å². The van der Waals surface area contributed by atoms with E-state index in [9.17, 15) is 4.79 Å². The standard InChI is InChI=1S/C15H23ClN2O3.ClH/c1-9(8-15(2,3)21-5)18-14(19)10-6-11(16)12(17)7-13(10)20-4;/h6-7,9H,8,17H2,1-5H3,(H,18,19);1H. The molecule has 1 aromatic carbocycles. The quantitative estimate of drug-likeness (QED) is 0.772. The normalized spacial score (nSPS) is 12.3. The van der Waals surface area contributed by atoms with Gasteiger partial charge in [-0.2, -0.15) is 0 Å². The molecular formula is C15H24Cl2N2O3. The van der Waals surface area contributed by atoms with Gasteiger partial charge in [-0.15, -0.1) is 12.4 Å². The third-order valence-electron chi connectivity index (χ3n) is 3.29. The van der Waals surface area contributed by atoms with E-state index >= 15 is 0 Å². The minimum atomic E-state index is -0.310. The smallest absolute Gasteiger partial charge is 0.255 e. The number of amides is 1. The van der Waals surface area contributed by atoms with Crippen LogP contribution in [0.5, 0.6) is 5.75 Å². The molecule has 0 heterocycles. The van der Waals surface area contributed by atoms with Crippen molar-refractivity contribution >= 4 is 35.6 Å². The first-order chi connectivity index (χ1) is 9.70. The zero-order valence-corrected chi connectivity index (χ0v) is 15.1. The lowest BCUT2D eigenvalue weighted by atomic mass is 9.99. The largest absolute Gasteiger partial charge is 0.496 e. The Labute approximate surface area is 142 Å². The molecule has 1 rings (SSSR count). The number of carbonyl (C=O) groups is 1. The number of hydrogen-bond donors (Lipinski definition) is 2. The van der Waals surface area contributed by atoms with Crippen LogP contribution >= 0.6 is 24.0 Å². The highest BCUT2D eigenvalue weighted by molar-refractivity contribution is 6.33. The van der Waals surface area contributed by atoms with Crippen molar-refractivity contribution in [2.45, 2.75) is 38.8 Å². The van der Waals surface area contributed by atoms with Crippen LogP contribution in [0.2, 0.25) is 5.02 Å². The molecule has 0 aliphatic carbocycles. The van der Waals surface area contributed by atoms with Crippen molar-refractivity contribution in [3.63, 3.8) is 0 Å². The van der Waals surface area contributed by atoms with Gasteiger partial charge in [-0.1, -0.05) is 11.6 Å². The number of nitrogens with one attached hydrogen (secondary N) is 1. The lowest BCUT2D eigenvalue weighted by Gasteiger charge is -2.27. The summed E-state index contributed by atoms with van der Waals surface area (Å²) in [7, 11) is 3.13. The second-order valence-corrected chi connectivity index (χ2v) is 6.02. The monoisotopic (exact) mass is 350 g/mol. The molecule has 0 saturated carbocycles. The Hall–Kier alpha value is -1.17. The number of rotatable bonds is 6. The lowest BCUT2D eigenvalue weighted by Crippen LogP contribution is -2.39. The molecule has 0 aromatic heterocycles. The van der Waals surface area contributed by atoms with Gasteiger partial charge in [-0.3, -0.25) is 4.79 Å². The molecule has 7 heteroatoms. The molecule has 0 aliphatic rings. The molecule has 1 unspecified atom stereocenters. The number of carbonyl (C=O) groups excluding carboxylic acids is 1. The van der Waals surface area contributed by atoms with Crippen LogP contribution in [0.25, 0.3) is 0 Å². The zero-order valence-electron chi connectivity index (χ0n) is 13.5. The van der Waals surface area contributed by atoms with E-state index in [1.165, 1.54) is 13.2 Å². The summed E-state index contributed by atoms with van der Waals surface area (Å²) in [5, 5.41) is 3.23. The van der Waals surface area contributed by atoms with E-state index in [1.807, 2.05) is 20.8 Å². The van der Waals surface area contributed by atoms with Gasteiger partial charge in [0.25, 0.3) is 5.91 Å². The number of ether oxygens (including phenoxy) is 2. The van der Waals surface area contributed by atoms with Crippen LogP contribution in [0.3, 0.4) is 0 Å². The molecule has 0 spiro atoms. The highest BCUT2D eigenvalue weighted by Crippen LogP contribution is 2.29. The third kappa shape index (κ3) is 5.55. The zero-order chi connectivity index (χ0) is 16.2. The molecule has 0 fully saturated rings. The van der Waals surface area contributed by atoms with Gasteiger partial charge in [0.1, 0.15) is 5.75 Å². The second-order valence-electron chi connectivity index (χ2n) is 5.62. The van der Waals surface area contributed by atoms with Gasteiger partial charge in [0.05, 0.1) is 29.0 Å². The first kappa shape index (κ1) is 20.8. The van der Waals surface area contributed by atoms with E-state index in [0.717, 1.165) is 0 Å². The molecule has 3 N–H and O–H groups in total. The third-order valence-corrected chi connectivity index (χ3v) is 3.62. The fourth-order valence-electron chi connectivity index (χ4n) is 2.09. The number of nitrogens with two attached hydrogens (primary N) is 1. The SMILES string of the molecule is COc1cc(N)c(Cl)cc1C(=O)NC(C)CC(C)(C)OC.Cl. The van der Waals surface area contributed by atoms with E-state index in [0.29, 0.717) is 28.4 Å². The summed E-state index contributed by atoms with van der Waals surface area (Å²) in [5.74, 6) is 0.140. The Kier molecular flexibility index (Phi) is 8.01. The first-order valence-corrected chi connectivity index (χ1v) is 7.07. The summed E-state index contributed by atoms with van der Waals surface area (Å²) >= 11 is 5.97. The Morgan fingerprint density at radius 1 is 1.41 bits per heavy atom. The summed E-state index contributed by atoms with van der Waals surface area (Å²) < 4.78 is 10.5. The Morgan fingerprint density at radius 3 is 2.50 bits per heavy atom. The molecule has 0 radical (unpaired) electrons. The molecule has 1 atom stereocenters. The summed E-state index contributed by atoms with van der Waals surface area (Å²) in [5.41, 5.74) is 6.13. The van der Waals surface area contributed by atoms with Crippen LogP contribution in [-0.2, 0) is 4.74 Å². The van der Waals surface area contributed by atoms with E-state index < -0.39 is 0 Å². The van der Waals surface area contributed by atoms with E-state index in [2.05, 4.69) is 5.32 Å². The topological polar surface area (TPSA) is 73.6 Å². The van der Waals surface area contributed by atoms with Gasteiger partial charge in [0.2, 0.25) is 0 Å². The molecule has 5 nitrogen and oxygen atoms in total. The fourth-order valence-corrected chi connectivity index (χ4v) is 2.25. The lowest BCUT2D eigenvalue weighted by molar-refractivity contribution is 0.00884. The maximum atomic E-state index is 12.3. The highest BCUT2D eigenvalue weighted by atomic mass is 35.5. The summed E-state index contributed by atoms with van der Waals surface area (Å²) in [4.78, 5) is 12.3. The van der Waals surface area contributed by atoms with Gasteiger partial charge in [0, 0.05) is 19.2 Å². The Morgan fingerprint density at radius 2 is 2.00 bits per heavy atom. The average Bonchev–Trinajstić information content (AvgIpc) is 2.40. The molecular weight excluding hydrogens is 327 g/mol. The molecule has 0 bridgehead atoms. The van der Waals surface area contributed by atoms with Crippen molar-refractivity contribution in [1.82, 2.24) is 5.32 Å². The summed E-state index contributed by atoms with van der Waals surface area (Å²) in [6.07, 6.45) is 0.681. The van der Waals surface area contributed by atoms with Gasteiger partial charge in [-0.25, -0.2) is 0 Å². The minimum absolute atomic E-state index is 0. The van der Waals surface area contributed by atoms with Gasteiger partial charge >= 0.3 is 0 Å². The van der Waals surface area contributed by atoms with Crippen LogP contribution in [0.4, 0.5) is 5.69 Å². The molecule has 126 valence electrons. The molecule has 22 heavy (non-hydrogen) atoms. The van der Waals surface area contributed by atoms with Crippen LogP contribution in [0.15, 0.2) is 12.1 Å². The highest BCUT2D eigenvalue weighted by Gasteiger charge is 2.23. The van der Waals surface area contributed by atoms with Crippen LogP contribution in [-0.4, -0.2) is 31.8 Å². The summed E-state index contributed by atoms with van der Waals surface area (Å²) in [6, 6.07) is 2.99. The van der Waals surface area contributed by atoms with E-state index in [4.69, 9.17) is 26.8 Å². The summed E-state index contributed by atoms with van der Waals surface area (Å²) in [6.45, 7) is 5.86. The van der Waals surface area contributed by atoms with Crippen molar-refractivity contribution in [2.75, 3.05) is 20.0 Å². The van der Waals surface area contributed by atoms with Crippen molar-refractivity contribution in [3.8, 4) is 5.75 Å². The minimum Gasteiger partial charge on any atom is -0.496 e.